The van der Waals surface area contributed by atoms with Gasteiger partial charge in [0.25, 0.3) is 0 Å². The summed E-state index contributed by atoms with van der Waals surface area (Å²) >= 11 is 0. The van der Waals surface area contributed by atoms with Crippen LogP contribution in [0.15, 0.2) is 40.9 Å². The Morgan fingerprint density at radius 1 is 1.40 bits per heavy atom. The van der Waals surface area contributed by atoms with Crippen molar-refractivity contribution >= 4 is 16.7 Å². The van der Waals surface area contributed by atoms with Gasteiger partial charge in [-0.05, 0) is 31.5 Å². The Hall–Kier alpha value is -3.29. The SMILES string of the molecule is [C-]#[N+]C1=C(C)NC(C)=C(C#N)C1c1ccc2[nH]nc(NCCO)c2c1. The largest absolute Gasteiger partial charge is 0.395 e. The molecule has 126 valence electrons. The fourth-order valence-electron chi connectivity index (χ4n) is 3.12. The molecule has 1 aliphatic heterocycles. The van der Waals surface area contributed by atoms with Gasteiger partial charge in [0, 0.05) is 23.3 Å². The van der Waals surface area contributed by atoms with E-state index >= 15 is 0 Å². The first-order valence-corrected chi connectivity index (χ1v) is 7.89. The van der Waals surface area contributed by atoms with Crippen molar-refractivity contribution in [2.45, 2.75) is 19.8 Å². The van der Waals surface area contributed by atoms with Crippen LogP contribution in [0.1, 0.15) is 25.3 Å². The number of nitriles is 1. The van der Waals surface area contributed by atoms with Gasteiger partial charge in [-0.2, -0.15) is 10.4 Å². The van der Waals surface area contributed by atoms with Crippen LogP contribution in [0.2, 0.25) is 0 Å². The van der Waals surface area contributed by atoms with Gasteiger partial charge in [0.15, 0.2) is 11.5 Å². The number of allylic oxidation sites excluding steroid dienone is 3. The number of H-pyrrole nitrogens is 1. The number of dihydropyridines is 1. The Morgan fingerprint density at radius 3 is 2.88 bits per heavy atom. The lowest BCUT2D eigenvalue weighted by atomic mass is 9.84. The number of aromatic amines is 1. The first-order chi connectivity index (χ1) is 12.1. The van der Waals surface area contributed by atoms with Crippen LogP contribution in [0.5, 0.6) is 0 Å². The smallest absolute Gasteiger partial charge is 0.196 e. The molecule has 1 aromatic carbocycles. The van der Waals surface area contributed by atoms with Gasteiger partial charge in [-0.3, -0.25) is 5.10 Å². The van der Waals surface area contributed by atoms with Gasteiger partial charge in [0.1, 0.15) is 0 Å². The van der Waals surface area contributed by atoms with Gasteiger partial charge in [0.2, 0.25) is 0 Å². The van der Waals surface area contributed by atoms with E-state index in [1.54, 1.807) is 0 Å². The molecule has 2 aromatic rings. The second-order valence-corrected chi connectivity index (χ2v) is 5.86. The lowest BCUT2D eigenvalue weighted by molar-refractivity contribution is 0.311. The zero-order valence-electron chi connectivity index (χ0n) is 14.0. The fourth-order valence-corrected chi connectivity index (χ4v) is 3.12. The van der Waals surface area contributed by atoms with E-state index in [-0.39, 0.29) is 6.61 Å². The highest BCUT2D eigenvalue weighted by atomic mass is 16.3. The third-order valence-electron chi connectivity index (χ3n) is 4.29. The highest BCUT2D eigenvalue weighted by Gasteiger charge is 2.30. The van der Waals surface area contributed by atoms with E-state index in [4.69, 9.17) is 11.7 Å². The molecule has 0 saturated heterocycles. The van der Waals surface area contributed by atoms with E-state index in [0.29, 0.717) is 23.6 Å². The molecule has 2 heterocycles. The van der Waals surface area contributed by atoms with E-state index in [0.717, 1.165) is 27.9 Å². The molecule has 7 nitrogen and oxygen atoms in total. The number of hydrogen-bond donors (Lipinski definition) is 4. The Bertz CT molecular complexity index is 934. The Kier molecular flexibility index (Phi) is 4.42. The maximum atomic E-state index is 9.60. The molecule has 0 spiro atoms. The highest BCUT2D eigenvalue weighted by Crippen LogP contribution is 2.39. The molecule has 0 saturated carbocycles. The predicted octanol–water partition coefficient (Wildman–Crippen LogP) is 2.60. The molecule has 0 fully saturated rings. The maximum Gasteiger partial charge on any atom is 0.196 e. The van der Waals surface area contributed by atoms with Crippen LogP contribution in [0.3, 0.4) is 0 Å². The molecule has 4 N–H and O–H groups in total. The Labute approximate surface area is 145 Å². The zero-order chi connectivity index (χ0) is 18.0. The number of fused-ring (bicyclic) bond motifs is 1. The van der Waals surface area contributed by atoms with Gasteiger partial charge in [-0.1, -0.05) is 6.07 Å². The minimum absolute atomic E-state index is 0.00660. The van der Waals surface area contributed by atoms with E-state index in [1.807, 2.05) is 32.0 Å². The average Bonchev–Trinajstić information content (AvgIpc) is 3.01. The standard InChI is InChI=1S/C18H18N6O/c1-10-14(9-19)16(17(20-3)11(2)22-10)12-4-5-15-13(8-12)18(24-23-15)21-6-7-25/h4-5,8,16,22,25H,6-7H2,1-2H3,(H2,21,23,24). The van der Waals surface area contributed by atoms with Crippen molar-refractivity contribution in [3.05, 3.63) is 57.8 Å². The number of nitrogens with zero attached hydrogens (tertiary/aromatic N) is 3. The topological polar surface area (TPSA) is 101 Å². The molecular formula is C18H18N6O. The molecule has 1 unspecified atom stereocenters. The first-order valence-electron chi connectivity index (χ1n) is 7.89. The lowest BCUT2D eigenvalue weighted by Crippen LogP contribution is -2.22. The number of anilines is 1. The van der Waals surface area contributed by atoms with Crippen molar-refractivity contribution in [3.8, 4) is 6.07 Å². The second-order valence-electron chi connectivity index (χ2n) is 5.86. The highest BCUT2D eigenvalue weighted by molar-refractivity contribution is 5.90. The van der Waals surface area contributed by atoms with Gasteiger partial charge >= 0.3 is 0 Å². The molecule has 1 aliphatic rings. The molecule has 3 rings (SSSR count). The number of aliphatic hydroxyl groups is 1. The molecule has 1 aromatic heterocycles. The summed E-state index contributed by atoms with van der Waals surface area (Å²) < 4.78 is 0. The summed E-state index contributed by atoms with van der Waals surface area (Å²) in [6.07, 6.45) is 0. The number of hydrogen-bond acceptors (Lipinski definition) is 5. The van der Waals surface area contributed by atoms with Crippen LogP contribution < -0.4 is 10.6 Å². The number of aliphatic hydroxyl groups excluding tert-OH is 1. The quantitative estimate of drug-likeness (QED) is 0.644. The third-order valence-corrected chi connectivity index (χ3v) is 4.29. The van der Waals surface area contributed by atoms with Crippen LogP contribution in [-0.4, -0.2) is 28.5 Å². The number of rotatable bonds is 4. The summed E-state index contributed by atoms with van der Waals surface area (Å²) in [5, 5.41) is 32.8. The number of nitrogens with one attached hydrogen (secondary N) is 3. The zero-order valence-corrected chi connectivity index (χ0v) is 14.0. The van der Waals surface area contributed by atoms with Gasteiger partial charge in [-0.25, -0.2) is 4.85 Å². The third kappa shape index (κ3) is 2.82. The van der Waals surface area contributed by atoms with Crippen molar-refractivity contribution in [1.82, 2.24) is 15.5 Å². The van der Waals surface area contributed by atoms with Crippen molar-refractivity contribution in [1.29, 1.82) is 5.26 Å². The van der Waals surface area contributed by atoms with Gasteiger partial charge < -0.3 is 15.7 Å². The molecule has 0 aliphatic carbocycles. The van der Waals surface area contributed by atoms with Crippen LogP contribution in [-0.2, 0) is 0 Å². The molecule has 1 atom stereocenters. The van der Waals surface area contributed by atoms with E-state index < -0.39 is 5.92 Å². The van der Waals surface area contributed by atoms with Crippen molar-refractivity contribution in [2.24, 2.45) is 0 Å². The minimum atomic E-state index is -0.395. The normalized spacial score (nSPS) is 17.2. The fraction of sp³-hybridized carbons (Fsp3) is 0.278. The van der Waals surface area contributed by atoms with Gasteiger partial charge in [0.05, 0.1) is 36.3 Å². The summed E-state index contributed by atoms with van der Waals surface area (Å²) in [6, 6.07) is 7.99. The Balaban J connectivity index is 2.14. The van der Waals surface area contributed by atoms with E-state index in [2.05, 4.69) is 31.7 Å². The maximum absolute atomic E-state index is 9.60. The molecule has 7 heteroatoms. The predicted molar refractivity (Wildman–Crippen MR) is 95.2 cm³/mol. The van der Waals surface area contributed by atoms with Crippen LogP contribution >= 0.6 is 0 Å². The second kappa shape index (κ2) is 6.68. The molecule has 0 radical (unpaired) electrons. The van der Waals surface area contributed by atoms with Crippen molar-refractivity contribution < 1.29 is 5.11 Å². The van der Waals surface area contributed by atoms with Crippen LogP contribution in [0.25, 0.3) is 15.7 Å². The molecule has 25 heavy (non-hydrogen) atoms. The van der Waals surface area contributed by atoms with Gasteiger partial charge in [-0.15, -0.1) is 0 Å². The first kappa shape index (κ1) is 16.6. The minimum Gasteiger partial charge on any atom is -0.395 e. The lowest BCUT2D eigenvalue weighted by Gasteiger charge is -2.26. The monoisotopic (exact) mass is 334 g/mol. The summed E-state index contributed by atoms with van der Waals surface area (Å²) in [6.45, 7) is 11.6. The summed E-state index contributed by atoms with van der Waals surface area (Å²) in [7, 11) is 0. The number of benzene rings is 1. The van der Waals surface area contributed by atoms with Crippen LogP contribution in [0.4, 0.5) is 5.82 Å². The summed E-state index contributed by atoms with van der Waals surface area (Å²) in [5.41, 5.74) is 4.32. The number of aromatic nitrogens is 2. The molecule has 0 amide bonds. The van der Waals surface area contributed by atoms with Crippen molar-refractivity contribution in [2.75, 3.05) is 18.5 Å². The molecular weight excluding hydrogens is 316 g/mol. The van der Waals surface area contributed by atoms with E-state index in [9.17, 15) is 5.26 Å². The summed E-state index contributed by atoms with van der Waals surface area (Å²) in [5.74, 6) is 0.248. The van der Waals surface area contributed by atoms with E-state index in [1.165, 1.54) is 0 Å². The Morgan fingerprint density at radius 2 is 2.20 bits per heavy atom. The molecule has 0 bridgehead atoms. The average molecular weight is 334 g/mol. The summed E-state index contributed by atoms with van der Waals surface area (Å²) in [4.78, 5) is 3.67. The van der Waals surface area contributed by atoms with Crippen molar-refractivity contribution in [3.63, 3.8) is 0 Å². The van der Waals surface area contributed by atoms with Crippen LogP contribution in [0, 0.1) is 17.9 Å².